The van der Waals surface area contributed by atoms with Crippen LogP contribution in [0.5, 0.6) is 0 Å². The molecule has 7 heteroatoms. The highest BCUT2D eigenvalue weighted by molar-refractivity contribution is 7.99. The molecule has 1 aliphatic rings. The molecule has 0 bridgehead atoms. The largest absolute Gasteiger partial charge is 0.410 e. The standard InChI is InChI=1S/C16H21N3O2S2/c1-9(2)17-14(20)8-22-16-19-18-15(21-16)13-7-11-6-10(3)4-5-12(11)23-13/h7,9-10H,4-6,8H2,1-3H3,(H,17,20). The van der Waals surface area contributed by atoms with Crippen LogP contribution < -0.4 is 5.32 Å². The topological polar surface area (TPSA) is 68.0 Å². The van der Waals surface area contributed by atoms with Crippen LogP contribution in [0.4, 0.5) is 0 Å². The predicted octanol–water partition coefficient (Wildman–Crippen LogP) is 3.54. The molecule has 0 saturated heterocycles. The number of nitrogens with zero attached hydrogens (tertiary/aromatic N) is 2. The normalized spacial score (nSPS) is 17.3. The van der Waals surface area contributed by atoms with E-state index in [1.807, 2.05) is 13.8 Å². The monoisotopic (exact) mass is 351 g/mol. The number of nitrogens with one attached hydrogen (secondary N) is 1. The van der Waals surface area contributed by atoms with Gasteiger partial charge in [0.05, 0.1) is 10.6 Å². The average Bonchev–Trinajstić information content (AvgIpc) is 3.10. The van der Waals surface area contributed by atoms with E-state index < -0.39 is 0 Å². The van der Waals surface area contributed by atoms with E-state index in [9.17, 15) is 4.79 Å². The van der Waals surface area contributed by atoms with Gasteiger partial charge in [-0.3, -0.25) is 4.79 Å². The second-order valence-corrected chi connectivity index (χ2v) is 8.35. The Labute approximate surface area is 144 Å². The summed E-state index contributed by atoms with van der Waals surface area (Å²) in [5.41, 5.74) is 1.42. The van der Waals surface area contributed by atoms with E-state index >= 15 is 0 Å². The Balaban J connectivity index is 1.64. The SMILES string of the molecule is CC1CCc2sc(-c3nnc(SCC(=O)NC(C)C)o3)cc2C1. The van der Waals surface area contributed by atoms with Gasteiger partial charge in [-0.05, 0) is 50.7 Å². The molecule has 1 amide bonds. The first-order valence-corrected chi connectivity index (χ1v) is 9.69. The molecule has 3 rings (SSSR count). The first kappa shape index (κ1) is 16.5. The van der Waals surface area contributed by atoms with Crippen LogP contribution in [0.15, 0.2) is 15.7 Å². The number of aromatic nitrogens is 2. The zero-order chi connectivity index (χ0) is 16.4. The first-order valence-electron chi connectivity index (χ1n) is 7.89. The Bertz CT molecular complexity index is 693. The quantitative estimate of drug-likeness (QED) is 0.835. The summed E-state index contributed by atoms with van der Waals surface area (Å²) in [6.45, 7) is 6.17. The third kappa shape index (κ3) is 4.14. The van der Waals surface area contributed by atoms with Crippen molar-refractivity contribution < 1.29 is 9.21 Å². The molecular formula is C16H21N3O2S2. The number of aryl methyl sites for hydroxylation is 1. The highest BCUT2D eigenvalue weighted by atomic mass is 32.2. The molecule has 23 heavy (non-hydrogen) atoms. The Morgan fingerprint density at radius 2 is 2.35 bits per heavy atom. The molecule has 0 radical (unpaired) electrons. The van der Waals surface area contributed by atoms with Crippen molar-refractivity contribution >= 4 is 29.0 Å². The molecule has 1 aliphatic carbocycles. The highest BCUT2D eigenvalue weighted by Crippen LogP contribution is 2.37. The maximum atomic E-state index is 11.6. The summed E-state index contributed by atoms with van der Waals surface area (Å²) in [6, 6.07) is 2.32. The second-order valence-electron chi connectivity index (χ2n) is 6.29. The second kappa shape index (κ2) is 7.05. The number of hydrogen-bond donors (Lipinski definition) is 1. The highest BCUT2D eigenvalue weighted by Gasteiger charge is 2.21. The molecular weight excluding hydrogens is 330 g/mol. The predicted molar refractivity (Wildman–Crippen MR) is 92.8 cm³/mol. The zero-order valence-electron chi connectivity index (χ0n) is 13.6. The number of carbonyl (C=O) groups excluding carboxylic acids is 1. The van der Waals surface area contributed by atoms with Gasteiger partial charge in [-0.2, -0.15) is 0 Å². The fourth-order valence-electron chi connectivity index (χ4n) is 2.67. The number of carbonyl (C=O) groups is 1. The molecule has 0 fully saturated rings. The smallest absolute Gasteiger partial charge is 0.277 e. The van der Waals surface area contributed by atoms with E-state index in [-0.39, 0.29) is 17.7 Å². The van der Waals surface area contributed by atoms with Gasteiger partial charge >= 0.3 is 0 Å². The van der Waals surface area contributed by atoms with Crippen LogP contribution in [0.25, 0.3) is 10.8 Å². The summed E-state index contributed by atoms with van der Waals surface area (Å²) in [4.78, 5) is 14.1. The van der Waals surface area contributed by atoms with Gasteiger partial charge in [-0.15, -0.1) is 21.5 Å². The summed E-state index contributed by atoms with van der Waals surface area (Å²) in [5.74, 6) is 1.57. The molecule has 1 N–H and O–H groups in total. The lowest BCUT2D eigenvalue weighted by Gasteiger charge is -2.16. The zero-order valence-corrected chi connectivity index (χ0v) is 15.2. The number of rotatable bonds is 5. The van der Waals surface area contributed by atoms with Gasteiger partial charge in [-0.25, -0.2) is 0 Å². The Morgan fingerprint density at radius 1 is 1.52 bits per heavy atom. The van der Waals surface area contributed by atoms with Crippen LogP contribution in [0.3, 0.4) is 0 Å². The number of fused-ring (bicyclic) bond motifs is 1. The lowest BCUT2D eigenvalue weighted by molar-refractivity contribution is -0.119. The van der Waals surface area contributed by atoms with Gasteiger partial charge in [0.1, 0.15) is 0 Å². The van der Waals surface area contributed by atoms with Gasteiger partial charge in [0.15, 0.2) is 0 Å². The maximum absolute atomic E-state index is 11.6. The summed E-state index contributed by atoms with van der Waals surface area (Å²) in [7, 11) is 0. The summed E-state index contributed by atoms with van der Waals surface area (Å²) >= 11 is 3.03. The van der Waals surface area contributed by atoms with Gasteiger partial charge < -0.3 is 9.73 Å². The van der Waals surface area contributed by atoms with Crippen LogP contribution in [-0.4, -0.2) is 27.9 Å². The molecule has 2 aromatic heterocycles. The molecule has 0 spiro atoms. The van der Waals surface area contributed by atoms with Crippen molar-refractivity contribution in [2.45, 2.75) is 51.3 Å². The van der Waals surface area contributed by atoms with Gasteiger partial charge in [0.2, 0.25) is 5.91 Å². The van der Waals surface area contributed by atoms with Crippen LogP contribution >= 0.6 is 23.1 Å². The van der Waals surface area contributed by atoms with Gasteiger partial charge in [-0.1, -0.05) is 18.7 Å². The average molecular weight is 351 g/mol. The van der Waals surface area contributed by atoms with E-state index in [0.717, 1.165) is 23.6 Å². The lowest BCUT2D eigenvalue weighted by atomic mass is 9.90. The van der Waals surface area contributed by atoms with E-state index in [0.29, 0.717) is 11.1 Å². The van der Waals surface area contributed by atoms with Crippen LogP contribution in [-0.2, 0) is 17.6 Å². The number of hydrogen-bond acceptors (Lipinski definition) is 6. The van der Waals surface area contributed by atoms with Gasteiger partial charge in [0.25, 0.3) is 11.1 Å². The van der Waals surface area contributed by atoms with Crippen molar-refractivity contribution in [3.8, 4) is 10.8 Å². The van der Waals surface area contributed by atoms with E-state index in [1.54, 1.807) is 11.3 Å². The van der Waals surface area contributed by atoms with Gasteiger partial charge in [0, 0.05) is 10.9 Å². The third-order valence-electron chi connectivity index (χ3n) is 3.72. The van der Waals surface area contributed by atoms with Crippen molar-refractivity contribution in [3.05, 3.63) is 16.5 Å². The van der Waals surface area contributed by atoms with Crippen molar-refractivity contribution in [3.63, 3.8) is 0 Å². The molecule has 1 unspecified atom stereocenters. The van der Waals surface area contributed by atoms with E-state index in [2.05, 4.69) is 28.5 Å². The van der Waals surface area contributed by atoms with Crippen LogP contribution in [0.2, 0.25) is 0 Å². The lowest BCUT2D eigenvalue weighted by Crippen LogP contribution is -2.31. The molecule has 2 heterocycles. The van der Waals surface area contributed by atoms with E-state index in [1.165, 1.54) is 28.6 Å². The summed E-state index contributed by atoms with van der Waals surface area (Å²) in [6.07, 6.45) is 3.53. The Kier molecular flexibility index (Phi) is 5.06. The minimum absolute atomic E-state index is 0.0228. The Hall–Kier alpha value is -1.34. The molecule has 5 nitrogen and oxygen atoms in total. The summed E-state index contributed by atoms with van der Waals surface area (Å²) in [5, 5.41) is 11.5. The fourth-order valence-corrected chi connectivity index (χ4v) is 4.37. The number of thioether (sulfide) groups is 1. The summed E-state index contributed by atoms with van der Waals surface area (Å²) < 4.78 is 5.70. The van der Waals surface area contributed by atoms with Crippen LogP contribution in [0.1, 0.15) is 37.6 Å². The molecule has 0 aliphatic heterocycles. The molecule has 1 atom stereocenters. The molecule has 124 valence electrons. The minimum atomic E-state index is -0.0228. The number of thiophene rings is 1. The van der Waals surface area contributed by atoms with Crippen molar-refractivity contribution in [2.75, 3.05) is 5.75 Å². The number of amides is 1. The fraction of sp³-hybridized carbons (Fsp3) is 0.562. The van der Waals surface area contributed by atoms with E-state index in [4.69, 9.17) is 4.42 Å². The molecule has 0 saturated carbocycles. The third-order valence-corrected chi connectivity index (χ3v) is 5.77. The minimum Gasteiger partial charge on any atom is -0.410 e. The van der Waals surface area contributed by atoms with Crippen molar-refractivity contribution in [2.24, 2.45) is 5.92 Å². The maximum Gasteiger partial charge on any atom is 0.277 e. The Morgan fingerprint density at radius 3 is 3.13 bits per heavy atom. The van der Waals surface area contributed by atoms with Crippen LogP contribution in [0, 0.1) is 5.92 Å². The molecule has 0 aromatic carbocycles. The first-order chi connectivity index (χ1) is 11.0. The van der Waals surface area contributed by atoms with Crippen molar-refractivity contribution in [1.82, 2.24) is 15.5 Å². The van der Waals surface area contributed by atoms with Crippen molar-refractivity contribution in [1.29, 1.82) is 0 Å². The molecule has 2 aromatic rings.